The third kappa shape index (κ3) is 3.44. The molecule has 0 radical (unpaired) electrons. The first-order valence-corrected chi connectivity index (χ1v) is 8.88. The topological polar surface area (TPSA) is 41.2 Å². The molecule has 2 heterocycles. The summed E-state index contributed by atoms with van der Waals surface area (Å²) in [5.41, 5.74) is 1.85. The van der Waals surface area contributed by atoms with Gasteiger partial charge in [-0.05, 0) is 43.4 Å². The molecule has 4 rings (SSSR count). The van der Waals surface area contributed by atoms with Crippen LogP contribution in [0, 0.1) is 0 Å². The van der Waals surface area contributed by atoms with E-state index in [1.54, 1.807) is 7.11 Å². The van der Waals surface area contributed by atoms with Crippen LogP contribution in [0.4, 0.5) is 0 Å². The van der Waals surface area contributed by atoms with Crippen molar-refractivity contribution >= 4 is 11.0 Å². The van der Waals surface area contributed by atoms with Crippen LogP contribution in [0.2, 0.25) is 0 Å². The van der Waals surface area contributed by atoms with E-state index in [2.05, 4.69) is 23.0 Å². The molecule has 26 heavy (non-hydrogen) atoms. The summed E-state index contributed by atoms with van der Waals surface area (Å²) in [6, 6.07) is 18.0. The van der Waals surface area contributed by atoms with Gasteiger partial charge in [-0.1, -0.05) is 12.1 Å². The first-order chi connectivity index (χ1) is 12.7. The second-order valence-corrected chi connectivity index (χ2v) is 6.58. The second kappa shape index (κ2) is 7.22. The average molecular weight is 349 g/mol. The Morgan fingerprint density at radius 2 is 1.69 bits per heavy atom. The molecule has 1 saturated heterocycles. The molecule has 5 heteroatoms. The van der Waals surface area contributed by atoms with Crippen molar-refractivity contribution in [2.24, 2.45) is 5.10 Å². The van der Waals surface area contributed by atoms with E-state index < -0.39 is 0 Å². The summed E-state index contributed by atoms with van der Waals surface area (Å²) in [6.07, 6.45) is 0. The van der Waals surface area contributed by atoms with Crippen molar-refractivity contribution in [3.63, 3.8) is 0 Å². The SMILES string of the molecule is COc1ccc(-c2c/c(=N\N3CCN(C)CC3)c3ccccc3o2)cc1. The van der Waals surface area contributed by atoms with Crippen LogP contribution in [-0.2, 0) is 0 Å². The highest BCUT2D eigenvalue weighted by molar-refractivity contribution is 5.78. The van der Waals surface area contributed by atoms with Gasteiger partial charge in [0.1, 0.15) is 17.1 Å². The Balaban J connectivity index is 1.80. The lowest BCUT2D eigenvalue weighted by molar-refractivity contribution is 0.154. The van der Waals surface area contributed by atoms with Gasteiger partial charge >= 0.3 is 0 Å². The molecule has 134 valence electrons. The molecule has 0 N–H and O–H groups in total. The van der Waals surface area contributed by atoms with Gasteiger partial charge in [0.15, 0.2) is 0 Å². The molecule has 1 aliphatic heterocycles. The smallest absolute Gasteiger partial charge is 0.136 e. The Labute approximate surface area is 153 Å². The summed E-state index contributed by atoms with van der Waals surface area (Å²) in [7, 11) is 3.82. The van der Waals surface area contributed by atoms with Crippen molar-refractivity contribution in [2.45, 2.75) is 0 Å². The van der Waals surface area contributed by atoms with Crippen LogP contribution >= 0.6 is 0 Å². The Morgan fingerprint density at radius 3 is 2.42 bits per heavy atom. The van der Waals surface area contributed by atoms with Gasteiger partial charge in [0.2, 0.25) is 0 Å². The molecule has 0 spiro atoms. The van der Waals surface area contributed by atoms with Crippen molar-refractivity contribution in [1.29, 1.82) is 0 Å². The number of piperazine rings is 1. The van der Waals surface area contributed by atoms with Gasteiger partial charge in [0, 0.05) is 43.2 Å². The lowest BCUT2D eigenvalue weighted by Gasteiger charge is -2.30. The number of likely N-dealkylation sites (N-methyl/N-ethyl adjacent to an activating group) is 1. The average Bonchev–Trinajstić information content (AvgIpc) is 2.69. The van der Waals surface area contributed by atoms with Crippen LogP contribution in [0.1, 0.15) is 0 Å². The van der Waals surface area contributed by atoms with Crippen molar-refractivity contribution in [3.8, 4) is 17.1 Å². The van der Waals surface area contributed by atoms with E-state index in [4.69, 9.17) is 14.3 Å². The summed E-state index contributed by atoms with van der Waals surface area (Å²) in [5, 5.41) is 9.05. The minimum Gasteiger partial charge on any atom is -0.497 e. The van der Waals surface area contributed by atoms with Crippen LogP contribution in [0.5, 0.6) is 5.75 Å². The Hall–Kier alpha value is -2.79. The van der Waals surface area contributed by atoms with E-state index in [0.717, 1.165) is 59.6 Å². The van der Waals surface area contributed by atoms with E-state index in [1.165, 1.54) is 0 Å². The summed E-state index contributed by atoms with van der Waals surface area (Å²) in [5.74, 6) is 1.64. The van der Waals surface area contributed by atoms with Gasteiger partial charge < -0.3 is 14.1 Å². The summed E-state index contributed by atoms with van der Waals surface area (Å²) >= 11 is 0. The van der Waals surface area contributed by atoms with Gasteiger partial charge in [-0.15, -0.1) is 0 Å². The lowest BCUT2D eigenvalue weighted by atomic mass is 10.1. The largest absolute Gasteiger partial charge is 0.497 e. The van der Waals surface area contributed by atoms with Gasteiger partial charge in [0.05, 0.1) is 12.5 Å². The maximum absolute atomic E-state index is 6.14. The maximum Gasteiger partial charge on any atom is 0.136 e. The van der Waals surface area contributed by atoms with Crippen molar-refractivity contribution in [2.75, 3.05) is 40.3 Å². The number of methoxy groups -OCH3 is 1. The Kier molecular flexibility index (Phi) is 4.63. The summed E-state index contributed by atoms with van der Waals surface area (Å²) < 4.78 is 11.4. The molecular formula is C21H23N3O2. The molecule has 1 aliphatic rings. The number of ether oxygens (including phenoxy) is 1. The van der Waals surface area contributed by atoms with Crippen LogP contribution in [0.25, 0.3) is 22.3 Å². The highest BCUT2D eigenvalue weighted by Gasteiger charge is 2.12. The number of benzene rings is 2. The zero-order valence-electron chi connectivity index (χ0n) is 15.2. The fourth-order valence-electron chi connectivity index (χ4n) is 3.15. The molecule has 2 aromatic carbocycles. The Bertz CT molecular complexity index is 955. The fraction of sp³-hybridized carbons (Fsp3) is 0.286. The number of fused-ring (bicyclic) bond motifs is 1. The molecule has 3 aromatic rings. The third-order valence-corrected chi connectivity index (χ3v) is 4.75. The molecular weight excluding hydrogens is 326 g/mol. The highest BCUT2D eigenvalue weighted by atomic mass is 16.5. The molecule has 0 atom stereocenters. The number of para-hydroxylation sites is 1. The van der Waals surface area contributed by atoms with Gasteiger partial charge in [-0.25, -0.2) is 0 Å². The standard InChI is InChI=1S/C21H23N3O2/c1-23-11-13-24(14-12-23)22-19-15-21(16-7-9-17(25-2)10-8-16)26-20-6-4-3-5-18(19)20/h3-10,15H,11-14H2,1-2H3/b22-19+. The van der Waals surface area contributed by atoms with Crippen LogP contribution in [-0.4, -0.2) is 50.2 Å². The predicted molar refractivity (Wildman–Crippen MR) is 103 cm³/mol. The monoisotopic (exact) mass is 349 g/mol. The molecule has 0 aliphatic carbocycles. The first-order valence-electron chi connectivity index (χ1n) is 8.88. The van der Waals surface area contributed by atoms with Gasteiger partial charge in [0.25, 0.3) is 0 Å². The molecule has 1 aromatic heterocycles. The van der Waals surface area contributed by atoms with E-state index in [1.807, 2.05) is 48.5 Å². The van der Waals surface area contributed by atoms with Crippen LogP contribution in [0.15, 0.2) is 64.1 Å². The highest BCUT2D eigenvalue weighted by Crippen LogP contribution is 2.24. The summed E-state index contributed by atoms with van der Waals surface area (Å²) in [6.45, 7) is 3.94. The van der Waals surface area contributed by atoms with Gasteiger partial charge in [-0.3, -0.25) is 5.01 Å². The molecule has 0 saturated carbocycles. The van der Waals surface area contributed by atoms with E-state index in [0.29, 0.717) is 0 Å². The van der Waals surface area contributed by atoms with Crippen LogP contribution in [0.3, 0.4) is 0 Å². The predicted octanol–water partition coefficient (Wildman–Crippen LogP) is 3.17. The lowest BCUT2D eigenvalue weighted by Crippen LogP contribution is -2.42. The number of nitrogens with zero attached hydrogens (tertiary/aromatic N) is 3. The van der Waals surface area contributed by atoms with Crippen molar-refractivity contribution in [3.05, 3.63) is 60.0 Å². The molecule has 0 unspecified atom stereocenters. The maximum atomic E-state index is 6.14. The number of hydrogen-bond acceptors (Lipinski definition) is 5. The second-order valence-electron chi connectivity index (χ2n) is 6.58. The fourth-order valence-corrected chi connectivity index (χ4v) is 3.15. The zero-order valence-corrected chi connectivity index (χ0v) is 15.2. The normalized spacial score (nSPS) is 16.2. The first kappa shape index (κ1) is 16.7. The quantitative estimate of drug-likeness (QED) is 0.728. The summed E-state index contributed by atoms with van der Waals surface area (Å²) in [4.78, 5) is 2.33. The van der Waals surface area contributed by atoms with E-state index in [-0.39, 0.29) is 0 Å². The molecule has 0 amide bonds. The zero-order chi connectivity index (χ0) is 17.9. The number of hydrogen-bond donors (Lipinski definition) is 0. The third-order valence-electron chi connectivity index (χ3n) is 4.75. The molecule has 5 nitrogen and oxygen atoms in total. The Morgan fingerprint density at radius 1 is 0.962 bits per heavy atom. The minimum atomic E-state index is 0.805. The molecule has 1 fully saturated rings. The van der Waals surface area contributed by atoms with E-state index in [9.17, 15) is 0 Å². The van der Waals surface area contributed by atoms with Crippen molar-refractivity contribution < 1.29 is 9.15 Å². The van der Waals surface area contributed by atoms with Gasteiger partial charge in [-0.2, -0.15) is 5.10 Å². The minimum absolute atomic E-state index is 0.805. The number of rotatable bonds is 3. The van der Waals surface area contributed by atoms with Crippen molar-refractivity contribution in [1.82, 2.24) is 9.91 Å². The van der Waals surface area contributed by atoms with E-state index >= 15 is 0 Å². The molecule has 0 bridgehead atoms. The van der Waals surface area contributed by atoms with Crippen LogP contribution < -0.4 is 10.1 Å².